The summed E-state index contributed by atoms with van der Waals surface area (Å²) in [4.78, 5) is 18.9. The van der Waals surface area contributed by atoms with Crippen LogP contribution in [0.2, 0.25) is 0 Å². The Kier molecular flexibility index (Phi) is 6.64. The normalized spacial score (nSPS) is 20.6. The van der Waals surface area contributed by atoms with Crippen LogP contribution in [0, 0.1) is 12.8 Å². The van der Waals surface area contributed by atoms with Gasteiger partial charge in [-0.25, -0.2) is 9.78 Å². The summed E-state index contributed by atoms with van der Waals surface area (Å²) in [5.41, 5.74) is 1.05. The average Bonchev–Trinajstić information content (AvgIpc) is 2.97. The zero-order chi connectivity index (χ0) is 15.9. The summed E-state index contributed by atoms with van der Waals surface area (Å²) in [5.74, 6) is 0.841. The van der Waals surface area contributed by atoms with Gasteiger partial charge in [0.15, 0.2) is 0 Å². The van der Waals surface area contributed by atoms with Gasteiger partial charge >= 0.3 is 6.03 Å². The Morgan fingerprint density at radius 2 is 2.36 bits per heavy atom. The van der Waals surface area contributed by atoms with Crippen LogP contribution < -0.4 is 10.6 Å². The van der Waals surface area contributed by atoms with Crippen molar-refractivity contribution in [2.75, 3.05) is 32.7 Å². The minimum Gasteiger partial charge on any atom is -0.338 e. The van der Waals surface area contributed by atoms with Crippen LogP contribution in [0.3, 0.4) is 0 Å². The summed E-state index contributed by atoms with van der Waals surface area (Å²) in [6.45, 7) is 11.1. The summed E-state index contributed by atoms with van der Waals surface area (Å²) in [6, 6.07) is -0.0613. The highest BCUT2D eigenvalue weighted by atomic mass is 32.1. The standard InChI is InChI=1S/C16H28N4OS/c1-4-20-7-5-6-14(10-20)9-18-16(21)17-8-12(2)15-19-13(3)11-22-15/h11-12,14H,4-10H2,1-3H3,(H2,17,18,21)/t12-,14-/m0/s1. The van der Waals surface area contributed by atoms with Crippen LogP contribution in [0.1, 0.15) is 43.3 Å². The molecule has 0 aliphatic carbocycles. The van der Waals surface area contributed by atoms with Gasteiger partial charge in [0.2, 0.25) is 0 Å². The van der Waals surface area contributed by atoms with E-state index in [1.165, 1.54) is 19.4 Å². The van der Waals surface area contributed by atoms with Gasteiger partial charge in [-0.3, -0.25) is 0 Å². The number of aryl methyl sites for hydroxylation is 1. The van der Waals surface area contributed by atoms with Crippen molar-refractivity contribution in [2.24, 2.45) is 5.92 Å². The van der Waals surface area contributed by atoms with Crippen LogP contribution in [-0.2, 0) is 0 Å². The van der Waals surface area contributed by atoms with E-state index >= 15 is 0 Å². The van der Waals surface area contributed by atoms with Crippen molar-refractivity contribution in [2.45, 2.75) is 39.5 Å². The number of hydrogen-bond donors (Lipinski definition) is 2. The predicted molar refractivity (Wildman–Crippen MR) is 91.5 cm³/mol. The number of amides is 2. The molecule has 124 valence electrons. The lowest BCUT2D eigenvalue weighted by atomic mass is 9.98. The van der Waals surface area contributed by atoms with Gasteiger partial charge in [-0.1, -0.05) is 13.8 Å². The highest BCUT2D eigenvalue weighted by Gasteiger charge is 2.19. The van der Waals surface area contributed by atoms with Gasteiger partial charge in [-0.05, 0) is 38.8 Å². The van der Waals surface area contributed by atoms with Crippen LogP contribution in [0.5, 0.6) is 0 Å². The van der Waals surface area contributed by atoms with Gasteiger partial charge in [-0.15, -0.1) is 11.3 Å². The lowest BCUT2D eigenvalue weighted by molar-refractivity contribution is 0.179. The molecule has 0 unspecified atom stereocenters. The number of hydrogen-bond acceptors (Lipinski definition) is 4. The molecule has 1 fully saturated rings. The predicted octanol–water partition coefficient (Wildman–Crippen LogP) is 2.59. The van der Waals surface area contributed by atoms with Crippen LogP contribution in [-0.4, -0.2) is 48.6 Å². The molecule has 2 atom stereocenters. The molecule has 2 N–H and O–H groups in total. The fourth-order valence-corrected chi connectivity index (χ4v) is 3.69. The van der Waals surface area contributed by atoms with Crippen molar-refractivity contribution in [1.29, 1.82) is 0 Å². The van der Waals surface area contributed by atoms with Crippen LogP contribution in [0.25, 0.3) is 0 Å². The number of nitrogens with one attached hydrogen (secondary N) is 2. The lowest BCUT2D eigenvalue weighted by Gasteiger charge is -2.31. The first kappa shape index (κ1) is 17.2. The molecule has 6 heteroatoms. The van der Waals surface area contributed by atoms with Crippen molar-refractivity contribution >= 4 is 17.4 Å². The summed E-state index contributed by atoms with van der Waals surface area (Å²) in [7, 11) is 0. The smallest absolute Gasteiger partial charge is 0.314 e. The zero-order valence-corrected chi connectivity index (χ0v) is 14.7. The first-order valence-corrected chi connectivity index (χ1v) is 9.12. The second-order valence-corrected chi connectivity index (χ2v) is 7.11. The Bertz CT molecular complexity index is 476. The molecule has 2 amide bonds. The van der Waals surface area contributed by atoms with Crippen LogP contribution in [0.4, 0.5) is 4.79 Å². The van der Waals surface area contributed by atoms with Gasteiger partial charge in [-0.2, -0.15) is 0 Å². The molecule has 1 saturated heterocycles. The number of piperidine rings is 1. The molecule has 0 saturated carbocycles. The minimum atomic E-state index is -0.0613. The summed E-state index contributed by atoms with van der Waals surface area (Å²) in [6.07, 6.45) is 2.45. The van der Waals surface area contributed by atoms with Gasteiger partial charge in [0, 0.05) is 36.6 Å². The molecule has 0 spiro atoms. The van der Waals surface area contributed by atoms with Gasteiger partial charge < -0.3 is 15.5 Å². The van der Waals surface area contributed by atoms with Gasteiger partial charge in [0.1, 0.15) is 0 Å². The molecule has 2 rings (SSSR count). The van der Waals surface area contributed by atoms with Crippen molar-refractivity contribution in [1.82, 2.24) is 20.5 Å². The second kappa shape index (κ2) is 8.48. The molecule has 22 heavy (non-hydrogen) atoms. The number of urea groups is 1. The van der Waals surface area contributed by atoms with E-state index in [0.717, 1.165) is 30.3 Å². The highest BCUT2D eigenvalue weighted by molar-refractivity contribution is 7.09. The number of aromatic nitrogens is 1. The molecule has 1 aromatic heterocycles. The van der Waals surface area contributed by atoms with Crippen molar-refractivity contribution in [3.05, 3.63) is 16.1 Å². The van der Waals surface area contributed by atoms with E-state index in [2.05, 4.69) is 39.7 Å². The highest BCUT2D eigenvalue weighted by Crippen LogP contribution is 2.19. The maximum atomic E-state index is 11.9. The molecular weight excluding hydrogens is 296 g/mol. The van der Waals surface area contributed by atoms with E-state index in [-0.39, 0.29) is 11.9 Å². The number of nitrogens with zero attached hydrogens (tertiary/aromatic N) is 2. The number of likely N-dealkylation sites (tertiary alicyclic amines) is 1. The molecule has 0 radical (unpaired) electrons. The third-order valence-electron chi connectivity index (χ3n) is 4.23. The Labute approximate surface area is 137 Å². The van der Waals surface area contributed by atoms with E-state index in [9.17, 15) is 4.79 Å². The second-order valence-electron chi connectivity index (χ2n) is 6.22. The lowest BCUT2D eigenvalue weighted by Crippen LogP contribution is -2.44. The Balaban J connectivity index is 1.65. The van der Waals surface area contributed by atoms with Gasteiger partial charge in [0.25, 0.3) is 0 Å². The molecule has 2 heterocycles. The molecule has 1 aromatic rings. The van der Waals surface area contributed by atoms with E-state index in [1.54, 1.807) is 11.3 Å². The SMILES string of the molecule is CCN1CCC[C@@H](CNC(=O)NC[C@H](C)c2nc(C)cs2)C1. The van der Waals surface area contributed by atoms with E-state index < -0.39 is 0 Å². The topological polar surface area (TPSA) is 57.3 Å². The van der Waals surface area contributed by atoms with Gasteiger partial charge in [0.05, 0.1) is 5.01 Å². The average molecular weight is 324 g/mol. The Morgan fingerprint density at radius 3 is 3.05 bits per heavy atom. The fraction of sp³-hybridized carbons (Fsp3) is 0.750. The van der Waals surface area contributed by atoms with Crippen molar-refractivity contribution in [3.63, 3.8) is 0 Å². The van der Waals surface area contributed by atoms with Crippen molar-refractivity contribution < 1.29 is 4.79 Å². The van der Waals surface area contributed by atoms with E-state index in [0.29, 0.717) is 12.5 Å². The molecular formula is C16H28N4OS. The van der Waals surface area contributed by atoms with Crippen molar-refractivity contribution in [3.8, 4) is 0 Å². The molecule has 0 aromatic carbocycles. The number of rotatable bonds is 6. The fourth-order valence-electron chi connectivity index (χ4n) is 2.84. The first-order chi connectivity index (χ1) is 10.6. The largest absolute Gasteiger partial charge is 0.338 e. The first-order valence-electron chi connectivity index (χ1n) is 8.24. The molecule has 1 aliphatic rings. The maximum Gasteiger partial charge on any atom is 0.314 e. The quantitative estimate of drug-likeness (QED) is 0.845. The summed E-state index contributed by atoms with van der Waals surface area (Å²) in [5, 5.41) is 9.11. The molecule has 5 nitrogen and oxygen atoms in total. The number of thiazole rings is 1. The molecule has 0 bridgehead atoms. The van der Waals surface area contributed by atoms with Crippen LogP contribution >= 0.6 is 11.3 Å². The van der Waals surface area contributed by atoms with Crippen LogP contribution in [0.15, 0.2) is 5.38 Å². The minimum absolute atomic E-state index is 0.0613. The Morgan fingerprint density at radius 1 is 1.55 bits per heavy atom. The summed E-state index contributed by atoms with van der Waals surface area (Å²) >= 11 is 1.66. The van der Waals surface area contributed by atoms with E-state index in [1.807, 2.05) is 6.92 Å². The third kappa shape index (κ3) is 5.25. The third-order valence-corrected chi connectivity index (χ3v) is 5.42. The maximum absolute atomic E-state index is 11.9. The number of carbonyl (C=O) groups is 1. The molecule has 1 aliphatic heterocycles. The monoisotopic (exact) mass is 324 g/mol. The Hall–Kier alpha value is -1.14. The number of carbonyl (C=O) groups excluding carboxylic acids is 1. The zero-order valence-electron chi connectivity index (χ0n) is 13.9. The van der Waals surface area contributed by atoms with E-state index in [4.69, 9.17) is 0 Å². The summed E-state index contributed by atoms with van der Waals surface area (Å²) < 4.78 is 0.